The number of nitrogens with one attached hydrogen (secondary N) is 1. The van der Waals surface area contributed by atoms with Gasteiger partial charge in [-0.15, -0.1) is 10.2 Å². The van der Waals surface area contributed by atoms with Gasteiger partial charge in [0, 0.05) is 12.5 Å². The molecule has 1 saturated heterocycles. The van der Waals surface area contributed by atoms with E-state index in [1.165, 1.54) is 5.56 Å². The van der Waals surface area contributed by atoms with Crippen molar-refractivity contribution in [1.82, 2.24) is 20.4 Å². The first-order chi connectivity index (χ1) is 12.3. The Hall–Kier alpha value is -2.21. The Labute approximate surface area is 147 Å². The van der Waals surface area contributed by atoms with E-state index in [9.17, 15) is 4.79 Å². The number of hydrogen-bond acceptors (Lipinski definition) is 5. The van der Waals surface area contributed by atoms with Crippen LogP contribution in [0.5, 0.6) is 0 Å². The van der Waals surface area contributed by atoms with Crippen LogP contribution in [-0.2, 0) is 17.9 Å². The van der Waals surface area contributed by atoms with Crippen LogP contribution in [0.3, 0.4) is 0 Å². The molecule has 0 radical (unpaired) electrons. The van der Waals surface area contributed by atoms with Crippen LogP contribution in [0.2, 0.25) is 0 Å². The zero-order chi connectivity index (χ0) is 17.1. The number of likely N-dealkylation sites (tertiary alicyclic amines) is 1. The van der Waals surface area contributed by atoms with Crippen molar-refractivity contribution in [3.63, 3.8) is 0 Å². The van der Waals surface area contributed by atoms with E-state index in [0.29, 0.717) is 24.2 Å². The number of amides is 1. The lowest BCUT2D eigenvalue weighted by Gasteiger charge is -2.34. The second-order valence-corrected chi connectivity index (χ2v) is 6.99. The first-order valence-corrected chi connectivity index (χ1v) is 9.17. The van der Waals surface area contributed by atoms with E-state index in [1.54, 1.807) is 0 Å². The van der Waals surface area contributed by atoms with Crippen LogP contribution in [0.15, 0.2) is 34.7 Å². The third-order valence-electron chi connectivity index (χ3n) is 4.97. The monoisotopic (exact) mass is 340 g/mol. The van der Waals surface area contributed by atoms with Gasteiger partial charge in [0.2, 0.25) is 17.7 Å². The first-order valence-electron chi connectivity index (χ1n) is 9.17. The van der Waals surface area contributed by atoms with E-state index < -0.39 is 0 Å². The second-order valence-electron chi connectivity index (χ2n) is 6.99. The van der Waals surface area contributed by atoms with Gasteiger partial charge in [-0.3, -0.25) is 9.69 Å². The van der Waals surface area contributed by atoms with Crippen LogP contribution in [0.1, 0.15) is 55.4 Å². The molecule has 0 bridgehead atoms. The van der Waals surface area contributed by atoms with E-state index in [-0.39, 0.29) is 11.9 Å². The Morgan fingerprint density at radius 3 is 2.80 bits per heavy atom. The van der Waals surface area contributed by atoms with Crippen LogP contribution in [0.25, 0.3) is 0 Å². The smallest absolute Gasteiger partial charge is 0.237 e. The van der Waals surface area contributed by atoms with Crippen LogP contribution < -0.4 is 5.32 Å². The maximum atomic E-state index is 12.7. The van der Waals surface area contributed by atoms with Crippen molar-refractivity contribution in [2.45, 2.75) is 57.2 Å². The molecule has 1 N–H and O–H groups in total. The molecule has 2 heterocycles. The fourth-order valence-electron chi connectivity index (χ4n) is 3.41. The summed E-state index contributed by atoms with van der Waals surface area (Å²) in [6, 6.07) is 10.2. The molecule has 1 saturated carbocycles. The Kier molecular flexibility index (Phi) is 4.78. The highest BCUT2D eigenvalue weighted by molar-refractivity contribution is 5.81. The Morgan fingerprint density at radius 1 is 1.16 bits per heavy atom. The van der Waals surface area contributed by atoms with Crippen LogP contribution in [0.4, 0.5) is 0 Å². The number of carbonyl (C=O) groups excluding carboxylic acids is 1. The number of nitrogens with zero attached hydrogens (tertiary/aromatic N) is 3. The number of piperidine rings is 1. The summed E-state index contributed by atoms with van der Waals surface area (Å²) in [4.78, 5) is 15.0. The van der Waals surface area contributed by atoms with Crippen LogP contribution in [0, 0.1) is 0 Å². The molecule has 1 aliphatic heterocycles. The Morgan fingerprint density at radius 2 is 2.00 bits per heavy atom. The van der Waals surface area contributed by atoms with Gasteiger partial charge in [0.1, 0.15) is 0 Å². The molecule has 2 aliphatic rings. The number of hydrogen-bond donors (Lipinski definition) is 1. The third kappa shape index (κ3) is 4.07. The van der Waals surface area contributed by atoms with Gasteiger partial charge in [-0.1, -0.05) is 36.8 Å². The number of benzene rings is 1. The maximum absolute atomic E-state index is 12.7. The quantitative estimate of drug-likeness (QED) is 0.875. The molecule has 1 aliphatic carbocycles. The van der Waals surface area contributed by atoms with Gasteiger partial charge < -0.3 is 9.73 Å². The van der Waals surface area contributed by atoms with Gasteiger partial charge in [-0.2, -0.15) is 0 Å². The predicted molar refractivity (Wildman–Crippen MR) is 92.6 cm³/mol. The van der Waals surface area contributed by atoms with Gasteiger partial charge in [-0.25, -0.2) is 0 Å². The van der Waals surface area contributed by atoms with Crippen molar-refractivity contribution in [1.29, 1.82) is 0 Å². The van der Waals surface area contributed by atoms with E-state index in [4.69, 9.17) is 4.42 Å². The second kappa shape index (κ2) is 7.35. The zero-order valence-corrected chi connectivity index (χ0v) is 14.4. The largest absolute Gasteiger partial charge is 0.423 e. The van der Waals surface area contributed by atoms with Crippen molar-refractivity contribution in [2.75, 3.05) is 6.54 Å². The summed E-state index contributed by atoms with van der Waals surface area (Å²) in [5, 5.41) is 11.1. The number of aromatic nitrogens is 2. The third-order valence-corrected chi connectivity index (χ3v) is 4.97. The maximum Gasteiger partial charge on any atom is 0.237 e. The molecule has 1 unspecified atom stereocenters. The van der Waals surface area contributed by atoms with Gasteiger partial charge in [0.25, 0.3) is 0 Å². The van der Waals surface area contributed by atoms with E-state index in [1.807, 2.05) is 18.2 Å². The summed E-state index contributed by atoms with van der Waals surface area (Å²) in [6.45, 7) is 2.08. The van der Waals surface area contributed by atoms with Gasteiger partial charge in [0.05, 0.1) is 12.6 Å². The molecule has 0 spiro atoms. The summed E-state index contributed by atoms with van der Waals surface area (Å²) < 4.78 is 5.62. The minimum Gasteiger partial charge on any atom is -0.423 e. The molecule has 132 valence electrons. The van der Waals surface area contributed by atoms with E-state index in [2.05, 4.69) is 32.5 Å². The zero-order valence-electron chi connectivity index (χ0n) is 14.4. The molecule has 1 amide bonds. The molecule has 2 fully saturated rings. The number of rotatable bonds is 6. The van der Waals surface area contributed by atoms with Crippen molar-refractivity contribution < 1.29 is 9.21 Å². The standard InChI is InChI=1S/C19H24N4O2/c24-18(20-12-17-21-22-19(25-17)15-9-10-15)16-8-4-5-11-23(16)13-14-6-2-1-3-7-14/h1-3,6-7,15-16H,4-5,8-13H2,(H,20,24). The van der Waals surface area contributed by atoms with Crippen molar-refractivity contribution in [3.8, 4) is 0 Å². The minimum atomic E-state index is -0.0835. The molecule has 1 atom stereocenters. The van der Waals surface area contributed by atoms with Crippen molar-refractivity contribution >= 4 is 5.91 Å². The van der Waals surface area contributed by atoms with Crippen molar-refractivity contribution in [3.05, 3.63) is 47.7 Å². The SMILES string of the molecule is O=C(NCc1nnc(C2CC2)o1)C1CCCCN1Cc1ccccc1. The first kappa shape index (κ1) is 16.3. The topological polar surface area (TPSA) is 71.3 Å². The van der Waals surface area contributed by atoms with Gasteiger partial charge in [-0.05, 0) is 37.8 Å². The highest BCUT2D eigenvalue weighted by atomic mass is 16.4. The summed E-state index contributed by atoms with van der Waals surface area (Å²) in [6.07, 6.45) is 5.39. The van der Waals surface area contributed by atoms with E-state index in [0.717, 1.165) is 45.2 Å². The molecule has 6 heteroatoms. The average Bonchev–Trinajstić information content (AvgIpc) is 3.39. The normalized spacial score (nSPS) is 21.2. The fourth-order valence-corrected chi connectivity index (χ4v) is 3.41. The highest BCUT2D eigenvalue weighted by Gasteiger charge is 2.30. The predicted octanol–water partition coefficient (Wildman–Crippen LogP) is 2.62. The Bertz CT molecular complexity index is 711. The molecule has 2 aromatic rings. The molecular formula is C19H24N4O2. The number of carbonyl (C=O) groups is 1. The molecule has 25 heavy (non-hydrogen) atoms. The fraction of sp³-hybridized carbons (Fsp3) is 0.526. The lowest BCUT2D eigenvalue weighted by atomic mass is 10.0. The average molecular weight is 340 g/mol. The minimum absolute atomic E-state index is 0.0572. The molecular weight excluding hydrogens is 316 g/mol. The lowest BCUT2D eigenvalue weighted by molar-refractivity contribution is -0.128. The van der Waals surface area contributed by atoms with E-state index >= 15 is 0 Å². The van der Waals surface area contributed by atoms with Gasteiger partial charge >= 0.3 is 0 Å². The highest BCUT2D eigenvalue weighted by Crippen LogP contribution is 2.38. The van der Waals surface area contributed by atoms with Crippen molar-refractivity contribution in [2.24, 2.45) is 0 Å². The Balaban J connectivity index is 1.34. The van der Waals surface area contributed by atoms with Crippen LogP contribution in [-0.4, -0.2) is 33.6 Å². The molecule has 6 nitrogen and oxygen atoms in total. The molecule has 4 rings (SSSR count). The summed E-state index contributed by atoms with van der Waals surface area (Å²) in [5.74, 6) is 1.71. The lowest BCUT2D eigenvalue weighted by Crippen LogP contribution is -2.48. The van der Waals surface area contributed by atoms with Gasteiger partial charge in [0.15, 0.2) is 0 Å². The summed E-state index contributed by atoms with van der Waals surface area (Å²) in [5.41, 5.74) is 1.24. The molecule has 1 aromatic heterocycles. The molecule has 1 aromatic carbocycles. The van der Waals surface area contributed by atoms with Crippen LogP contribution >= 0.6 is 0 Å². The summed E-state index contributed by atoms with van der Waals surface area (Å²) in [7, 11) is 0. The summed E-state index contributed by atoms with van der Waals surface area (Å²) >= 11 is 0.